The molecule has 0 saturated heterocycles. The normalized spacial score (nSPS) is 15.0. The molecule has 0 radical (unpaired) electrons. The molecule has 2 heterocycles. The number of carbonyl (C=O) groups is 1. The maximum atomic E-state index is 12.5. The van der Waals surface area contributed by atoms with Gasteiger partial charge in [0.05, 0.1) is 18.5 Å². The van der Waals surface area contributed by atoms with E-state index in [1.54, 1.807) is 12.1 Å². The van der Waals surface area contributed by atoms with Crippen molar-refractivity contribution in [1.82, 2.24) is 5.32 Å². The van der Waals surface area contributed by atoms with Gasteiger partial charge in [0, 0.05) is 18.8 Å². The second-order valence-electron chi connectivity index (χ2n) is 7.17. The molecule has 0 unspecified atom stereocenters. The number of sulfonamides is 1. The number of nitrogens with zero attached hydrogens (tertiary/aromatic N) is 1. The van der Waals surface area contributed by atoms with Crippen molar-refractivity contribution in [2.45, 2.75) is 19.4 Å². The molecule has 0 bridgehead atoms. The molecule has 2 N–H and O–H groups in total. The molecule has 0 aromatic heterocycles. The van der Waals surface area contributed by atoms with Crippen molar-refractivity contribution in [2.75, 3.05) is 35.8 Å². The predicted octanol–water partition coefficient (Wildman–Crippen LogP) is 1.86. The zero-order chi connectivity index (χ0) is 20.4. The van der Waals surface area contributed by atoms with Crippen molar-refractivity contribution in [3.05, 3.63) is 47.5 Å². The fourth-order valence-corrected chi connectivity index (χ4v) is 4.23. The minimum atomic E-state index is -3.36. The summed E-state index contributed by atoms with van der Waals surface area (Å²) in [5, 5.41) is 2.93. The van der Waals surface area contributed by atoms with E-state index in [4.69, 9.17) is 9.47 Å². The first-order valence-corrected chi connectivity index (χ1v) is 11.3. The summed E-state index contributed by atoms with van der Waals surface area (Å²) in [5.41, 5.74) is 3.33. The highest BCUT2D eigenvalue weighted by atomic mass is 32.2. The Hall–Kier alpha value is -2.94. The first kappa shape index (κ1) is 19.4. The number of benzene rings is 2. The summed E-state index contributed by atoms with van der Waals surface area (Å²) in [5.74, 6) is 1.30. The van der Waals surface area contributed by atoms with Crippen molar-refractivity contribution in [1.29, 1.82) is 0 Å². The van der Waals surface area contributed by atoms with E-state index in [0.717, 1.165) is 42.5 Å². The second kappa shape index (κ2) is 7.82. The lowest BCUT2D eigenvalue weighted by Gasteiger charge is -2.32. The Morgan fingerprint density at radius 3 is 2.83 bits per heavy atom. The fraction of sp³-hybridized carbons (Fsp3) is 0.350. The molecule has 154 valence electrons. The minimum Gasteiger partial charge on any atom is -0.454 e. The molecule has 2 aromatic rings. The second-order valence-corrected chi connectivity index (χ2v) is 8.92. The summed E-state index contributed by atoms with van der Waals surface area (Å²) < 4.78 is 36.5. The lowest BCUT2D eigenvalue weighted by Crippen LogP contribution is -2.39. The molecule has 8 nitrogen and oxygen atoms in total. The average molecular weight is 417 g/mol. The van der Waals surface area contributed by atoms with Crippen LogP contribution in [0.15, 0.2) is 36.4 Å². The molecule has 0 fully saturated rings. The lowest BCUT2D eigenvalue weighted by molar-refractivity contribution is -0.119. The first-order chi connectivity index (χ1) is 13.9. The van der Waals surface area contributed by atoms with Crippen LogP contribution in [0.5, 0.6) is 11.5 Å². The van der Waals surface area contributed by atoms with Crippen molar-refractivity contribution in [2.24, 2.45) is 0 Å². The monoisotopic (exact) mass is 417 g/mol. The SMILES string of the molecule is CS(=O)(=O)Nc1cccc2c1CCCN2CC(=O)NCc1ccc2c(c1)OCO2. The van der Waals surface area contributed by atoms with Gasteiger partial charge in [0.1, 0.15) is 0 Å². The number of rotatable bonds is 6. The van der Waals surface area contributed by atoms with Crippen LogP contribution in [0.3, 0.4) is 0 Å². The average Bonchev–Trinajstić information content (AvgIpc) is 3.14. The zero-order valence-electron chi connectivity index (χ0n) is 16.1. The highest BCUT2D eigenvalue weighted by Crippen LogP contribution is 2.34. The van der Waals surface area contributed by atoms with Crippen molar-refractivity contribution in [3.63, 3.8) is 0 Å². The Kier molecular flexibility index (Phi) is 5.23. The van der Waals surface area contributed by atoms with Gasteiger partial charge < -0.3 is 19.7 Å². The summed E-state index contributed by atoms with van der Waals surface area (Å²) >= 11 is 0. The number of amides is 1. The van der Waals surface area contributed by atoms with E-state index in [2.05, 4.69) is 10.0 Å². The third-order valence-corrected chi connectivity index (χ3v) is 5.49. The Balaban J connectivity index is 1.41. The molecule has 29 heavy (non-hydrogen) atoms. The van der Waals surface area contributed by atoms with E-state index in [0.29, 0.717) is 23.7 Å². The number of hydrogen-bond acceptors (Lipinski definition) is 6. The summed E-state index contributed by atoms with van der Waals surface area (Å²) in [6.07, 6.45) is 2.75. The van der Waals surface area contributed by atoms with Crippen LogP contribution in [0.4, 0.5) is 11.4 Å². The number of nitrogens with one attached hydrogen (secondary N) is 2. The summed E-state index contributed by atoms with van der Waals surface area (Å²) in [7, 11) is -3.36. The van der Waals surface area contributed by atoms with Gasteiger partial charge in [-0.15, -0.1) is 0 Å². The van der Waals surface area contributed by atoms with Crippen molar-refractivity contribution < 1.29 is 22.7 Å². The zero-order valence-corrected chi connectivity index (χ0v) is 16.9. The lowest BCUT2D eigenvalue weighted by atomic mass is 10.00. The van der Waals surface area contributed by atoms with Crippen molar-refractivity contribution >= 4 is 27.3 Å². The van der Waals surface area contributed by atoms with E-state index in [1.807, 2.05) is 29.2 Å². The van der Waals surface area contributed by atoms with E-state index in [-0.39, 0.29) is 19.2 Å². The predicted molar refractivity (Wildman–Crippen MR) is 110 cm³/mol. The van der Waals surface area contributed by atoms with Crippen LogP contribution in [-0.4, -0.2) is 40.5 Å². The topological polar surface area (TPSA) is 97.0 Å². The third-order valence-electron chi connectivity index (χ3n) is 4.90. The molecule has 0 atom stereocenters. The van der Waals surface area contributed by atoms with E-state index >= 15 is 0 Å². The summed E-state index contributed by atoms with van der Waals surface area (Å²) in [4.78, 5) is 14.5. The van der Waals surface area contributed by atoms with Gasteiger partial charge in [-0.2, -0.15) is 0 Å². The van der Waals surface area contributed by atoms with Crippen LogP contribution in [0.1, 0.15) is 17.5 Å². The summed E-state index contributed by atoms with van der Waals surface area (Å²) in [6.45, 7) is 1.56. The van der Waals surface area contributed by atoms with E-state index < -0.39 is 10.0 Å². The third kappa shape index (κ3) is 4.56. The highest BCUT2D eigenvalue weighted by Gasteiger charge is 2.22. The Morgan fingerprint density at radius 2 is 2.00 bits per heavy atom. The van der Waals surface area contributed by atoms with Crippen molar-refractivity contribution in [3.8, 4) is 11.5 Å². The Bertz CT molecular complexity index is 1040. The summed E-state index contributed by atoms with van der Waals surface area (Å²) in [6, 6.07) is 11.1. The molecular formula is C20H23N3O5S. The van der Waals surface area contributed by atoms with Gasteiger partial charge in [0.25, 0.3) is 0 Å². The van der Waals surface area contributed by atoms with Crippen LogP contribution in [0.2, 0.25) is 0 Å². The molecule has 2 aliphatic rings. The highest BCUT2D eigenvalue weighted by molar-refractivity contribution is 7.92. The standard InChI is InChI=1S/C20H23N3O5S/c1-29(25,26)22-16-5-2-6-17-15(16)4-3-9-23(17)12-20(24)21-11-14-7-8-18-19(10-14)28-13-27-18/h2,5-8,10,22H,3-4,9,11-13H2,1H3,(H,21,24). The molecule has 0 aliphatic carbocycles. The Labute approximate surface area is 169 Å². The molecule has 4 rings (SSSR count). The van der Waals surface area contributed by atoms with Gasteiger partial charge >= 0.3 is 0 Å². The van der Waals surface area contributed by atoms with Gasteiger partial charge in [0.2, 0.25) is 22.7 Å². The molecule has 9 heteroatoms. The number of fused-ring (bicyclic) bond motifs is 2. The maximum absolute atomic E-state index is 12.5. The smallest absolute Gasteiger partial charge is 0.239 e. The van der Waals surface area contributed by atoms with Crippen LogP contribution in [-0.2, 0) is 27.8 Å². The van der Waals surface area contributed by atoms with Crippen LogP contribution in [0, 0.1) is 0 Å². The fourth-order valence-electron chi connectivity index (χ4n) is 3.64. The van der Waals surface area contributed by atoms with Gasteiger partial charge in [-0.05, 0) is 48.2 Å². The quantitative estimate of drug-likeness (QED) is 0.745. The number of hydrogen-bond donors (Lipinski definition) is 2. The molecule has 1 amide bonds. The minimum absolute atomic E-state index is 0.100. The van der Waals surface area contributed by atoms with Gasteiger partial charge in [-0.25, -0.2) is 8.42 Å². The number of ether oxygens (including phenoxy) is 2. The molecule has 0 spiro atoms. The number of anilines is 2. The van der Waals surface area contributed by atoms with E-state index in [9.17, 15) is 13.2 Å². The van der Waals surface area contributed by atoms with Gasteiger partial charge in [0.15, 0.2) is 11.5 Å². The first-order valence-electron chi connectivity index (χ1n) is 9.39. The van der Waals surface area contributed by atoms with Gasteiger partial charge in [-0.3, -0.25) is 9.52 Å². The molecular weight excluding hydrogens is 394 g/mol. The molecule has 0 saturated carbocycles. The van der Waals surface area contributed by atoms with Crippen LogP contribution < -0.4 is 24.4 Å². The van der Waals surface area contributed by atoms with Crippen LogP contribution in [0.25, 0.3) is 0 Å². The molecule has 2 aromatic carbocycles. The largest absolute Gasteiger partial charge is 0.454 e. The Morgan fingerprint density at radius 1 is 1.17 bits per heavy atom. The van der Waals surface area contributed by atoms with Gasteiger partial charge in [-0.1, -0.05) is 12.1 Å². The maximum Gasteiger partial charge on any atom is 0.239 e. The van der Waals surface area contributed by atoms with E-state index in [1.165, 1.54) is 0 Å². The number of carbonyl (C=O) groups excluding carboxylic acids is 1. The molecule has 2 aliphatic heterocycles. The van der Waals surface area contributed by atoms with Crippen LogP contribution >= 0.6 is 0 Å².